The average Bonchev–Trinajstić information content (AvgIpc) is 2.50. The molecule has 0 saturated heterocycles. The van der Waals surface area contributed by atoms with E-state index in [0.717, 1.165) is 12.2 Å². The van der Waals surface area contributed by atoms with Gasteiger partial charge in [0.1, 0.15) is 0 Å². The largest absolute Gasteiger partial charge is 0.276 e. The zero-order chi connectivity index (χ0) is 9.68. The normalized spacial score (nSPS) is 13.2. The molecule has 1 unspecified atom stereocenters. The van der Waals surface area contributed by atoms with E-state index in [1.165, 1.54) is 5.56 Å². The van der Waals surface area contributed by atoms with Crippen molar-refractivity contribution in [2.24, 2.45) is 12.9 Å². The first kappa shape index (κ1) is 10.6. The summed E-state index contributed by atoms with van der Waals surface area (Å²) in [5, 5.41) is 4.11. The molecule has 0 saturated carbocycles. The van der Waals surface area contributed by atoms with Gasteiger partial charge in [0.2, 0.25) is 0 Å². The highest BCUT2D eigenvalue weighted by atomic mass is 32.2. The van der Waals surface area contributed by atoms with E-state index >= 15 is 0 Å². The first-order valence-electron chi connectivity index (χ1n) is 4.19. The van der Waals surface area contributed by atoms with E-state index in [0.29, 0.717) is 6.04 Å². The number of hydrazine groups is 1. The third-order valence-electron chi connectivity index (χ3n) is 1.84. The van der Waals surface area contributed by atoms with Gasteiger partial charge in [-0.05, 0) is 18.2 Å². The Morgan fingerprint density at radius 2 is 2.54 bits per heavy atom. The molecule has 3 N–H and O–H groups in total. The number of nitrogens with one attached hydrogen (secondary N) is 1. The van der Waals surface area contributed by atoms with Crippen LogP contribution in [0, 0.1) is 0 Å². The highest BCUT2D eigenvalue weighted by Gasteiger charge is 2.07. The maximum atomic E-state index is 5.42. The fourth-order valence-electron chi connectivity index (χ4n) is 1.23. The zero-order valence-corrected chi connectivity index (χ0v) is 8.84. The molecule has 0 spiro atoms. The number of aromatic nitrogens is 2. The fourth-order valence-corrected chi connectivity index (χ4v) is 1.85. The summed E-state index contributed by atoms with van der Waals surface area (Å²) in [6.07, 6.45) is 6.91. The van der Waals surface area contributed by atoms with Crippen LogP contribution in [0.2, 0.25) is 0 Å². The number of aryl methyl sites for hydroxylation is 1. The Hall–Kier alpha value is -0.520. The molecule has 0 aliphatic carbocycles. The van der Waals surface area contributed by atoms with Crippen LogP contribution in [0.25, 0.3) is 0 Å². The minimum Gasteiger partial charge on any atom is -0.276 e. The molecule has 0 fully saturated rings. The Morgan fingerprint density at radius 3 is 3.00 bits per heavy atom. The Kier molecular flexibility index (Phi) is 4.27. The molecule has 0 aliphatic rings. The van der Waals surface area contributed by atoms with Gasteiger partial charge >= 0.3 is 0 Å². The molecule has 0 aromatic carbocycles. The molecular weight excluding hydrogens is 184 g/mol. The minimum atomic E-state index is 0.333. The first-order chi connectivity index (χ1) is 6.26. The van der Waals surface area contributed by atoms with Crippen molar-refractivity contribution < 1.29 is 0 Å². The Balaban J connectivity index is 2.46. The van der Waals surface area contributed by atoms with Gasteiger partial charge in [-0.1, -0.05) is 0 Å². The predicted molar refractivity (Wildman–Crippen MR) is 56.4 cm³/mol. The topological polar surface area (TPSA) is 55.9 Å². The fraction of sp³-hybridized carbons (Fsp3) is 0.625. The molecular formula is C8H16N4S. The molecule has 1 atom stereocenters. The Labute approximate surface area is 82.8 Å². The van der Waals surface area contributed by atoms with Crippen molar-refractivity contribution in [3.05, 3.63) is 18.0 Å². The number of hydrogen-bond acceptors (Lipinski definition) is 4. The monoisotopic (exact) mass is 200 g/mol. The van der Waals surface area contributed by atoms with Gasteiger partial charge in [-0.15, -0.1) is 0 Å². The summed E-state index contributed by atoms with van der Waals surface area (Å²) >= 11 is 1.79. The number of nitrogens with zero attached hydrogens (tertiary/aromatic N) is 2. The van der Waals surface area contributed by atoms with Gasteiger partial charge in [-0.2, -0.15) is 16.9 Å². The molecule has 4 nitrogen and oxygen atoms in total. The van der Waals surface area contributed by atoms with Crippen molar-refractivity contribution >= 4 is 11.8 Å². The van der Waals surface area contributed by atoms with E-state index in [1.807, 2.05) is 24.1 Å². The molecule has 0 bridgehead atoms. The third-order valence-corrected chi connectivity index (χ3v) is 2.58. The van der Waals surface area contributed by atoms with Gasteiger partial charge in [0, 0.05) is 25.0 Å². The summed E-state index contributed by atoms with van der Waals surface area (Å²) in [5.41, 5.74) is 4.02. The van der Waals surface area contributed by atoms with Gasteiger partial charge in [0.15, 0.2) is 0 Å². The summed E-state index contributed by atoms with van der Waals surface area (Å²) < 4.78 is 1.81. The third kappa shape index (κ3) is 3.38. The number of rotatable bonds is 5. The molecule has 13 heavy (non-hydrogen) atoms. The van der Waals surface area contributed by atoms with E-state index in [2.05, 4.69) is 16.8 Å². The van der Waals surface area contributed by atoms with Crippen LogP contribution in [0.1, 0.15) is 5.56 Å². The molecule has 1 rings (SSSR count). The summed E-state index contributed by atoms with van der Waals surface area (Å²) in [6.45, 7) is 0. The number of thioether (sulfide) groups is 1. The lowest BCUT2D eigenvalue weighted by Crippen LogP contribution is -2.38. The average molecular weight is 200 g/mol. The lowest BCUT2D eigenvalue weighted by molar-refractivity contribution is 0.575. The van der Waals surface area contributed by atoms with E-state index in [4.69, 9.17) is 5.84 Å². The van der Waals surface area contributed by atoms with Gasteiger partial charge in [-0.25, -0.2) is 0 Å². The van der Waals surface area contributed by atoms with Crippen LogP contribution in [-0.4, -0.2) is 27.8 Å². The smallest absolute Gasteiger partial charge is 0.0522 e. The van der Waals surface area contributed by atoms with Gasteiger partial charge in [0.05, 0.1) is 6.20 Å². The van der Waals surface area contributed by atoms with Crippen LogP contribution >= 0.6 is 11.8 Å². The van der Waals surface area contributed by atoms with Crippen LogP contribution < -0.4 is 11.3 Å². The SMILES string of the molecule is CSCC(Cc1cnn(C)c1)NN. The Bertz CT molecular complexity index is 248. The van der Waals surface area contributed by atoms with Crippen molar-refractivity contribution in [3.8, 4) is 0 Å². The van der Waals surface area contributed by atoms with Crippen LogP contribution in [0.5, 0.6) is 0 Å². The highest BCUT2D eigenvalue weighted by Crippen LogP contribution is 2.05. The van der Waals surface area contributed by atoms with Crippen LogP contribution in [-0.2, 0) is 13.5 Å². The predicted octanol–water partition coefficient (Wildman–Crippen LogP) is 0.157. The summed E-state index contributed by atoms with van der Waals surface area (Å²) in [4.78, 5) is 0. The van der Waals surface area contributed by atoms with Crippen LogP contribution in [0.15, 0.2) is 12.4 Å². The van der Waals surface area contributed by atoms with E-state index < -0.39 is 0 Å². The second kappa shape index (κ2) is 5.26. The second-order valence-electron chi connectivity index (χ2n) is 3.05. The summed E-state index contributed by atoms with van der Waals surface area (Å²) in [7, 11) is 1.92. The summed E-state index contributed by atoms with van der Waals surface area (Å²) in [6, 6.07) is 0.333. The number of nitrogens with two attached hydrogens (primary N) is 1. The molecule has 0 amide bonds. The maximum Gasteiger partial charge on any atom is 0.0522 e. The lowest BCUT2D eigenvalue weighted by Gasteiger charge is -2.12. The van der Waals surface area contributed by atoms with Crippen molar-refractivity contribution in [1.82, 2.24) is 15.2 Å². The first-order valence-corrected chi connectivity index (χ1v) is 5.58. The van der Waals surface area contributed by atoms with E-state index in [9.17, 15) is 0 Å². The van der Waals surface area contributed by atoms with Crippen molar-refractivity contribution in [2.45, 2.75) is 12.5 Å². The van der Waals surface area contributed by atoms with Gasteiger partial charge in [-0.3, -0.25) is 16.0 Å². The van der Waals surface area contributed by atoms with Crippen molar-refractivity contribution in [1.29, 1.82) is 0 Å². The minimum absolute atomic E-state index is 0.333. The molecule has 1 aromatic rings. The van der Waals surface area contributed by atoms with E-state index in [1.54, 1.807) is 11.8 Å². The lowest BCUT2D eigenvalue weighted by atomic mass is 10.1. The zero-order valence-electron chi connectivity index (χ0n) is 8.03. The maximum absolute atomic E-state index is 5.42. The van der Waals surface area contributed by atoms with E-state index in [-0.39, 0.29) is 0 Å². The molecule has 0 aliphatic heterocycles. The molecule has 1 aromatic heterocycles. The number of hydrogen-bond donors (Lipinski definition) is 2. The summed E-state index contributed by atoms with van der Waals surface area (Å²) in [5.74, 6) is 6.44. The van der Waals surface area contributed by atoms with Crippen LogP contribution in [0.3, 0.4) is 0 Å². The second-order valence-corrected chi connectivity index (χ2v) is 3.96. The quantitative estimate of drug-likeness (QED) is 0.525. The van der Waals surface area contributed by atoms with Crippen LogP contribution in [0.4, 0.5) is 0 Å². The Morgan fingerprint density at radius 1 is 1.77 bits per heavy atom. The standard InChI is InChI=1S/C8H16N4S/c1-12-5-7(4-10-12)3-8(11-9)6-13-2/h4-5,8,11H,3,6,9H2,1-2H3. The van der Waals surface area contributed by atoms with Gasteiger partial charge in [0.25, 0.3) is 0 Å². The molecule has 1 heterocycles. The molecule has 5 heteroatoms. The van der Waals surface area contributed by atoms with Gasteiger partial charge < -0.3 is 0 Å². The van der Waals surface area contributed by atoms with Crippen molar-refractivity contribution in [3.63, 3.8) is 0 Å². The molecule has 74 valence electrons. The van der Waals surface area contributed by atoms with Crippen molar-refractivity contribution in [2.75, 3.05) is 12.0 Å². The molecule has 0 radical (unpaired) electrons. The highest BCUT2D eigenvalue weighted by molar-refractivity contribution is 7.98.